The van der Waals surface area contributed by atoms with Gasteiger partial charge < -0.3 is 35.9 Å². The number of pyridine rings is 2. The average Bonchev–Trinajstić information content (AvgIpc) is 1.55. The standard InChI is InChI=1S/C96H50N8O4/c97-51-69-81(101-73-25-9-1-21-65(73)89-77(101)37-33-61-57-17-5-13-29-85(57)105-93(61)89)47-55(48-82(69)102-74-26-10-2-22-66(74)90-78(102)38-34-62-58-18-6-14-30-86(58)106-94(62)90)53-41-43-99-71(45-53)72-46-54(42-44-100-72)56-49-83(103-75-27-11-3-23-67(75)91-79(103)39-35-63-59-19-7-15-31-87(59)107-95(63)91)70(52-98)84(50-56)104-76-28-12-4-24-68(76)92-80(104)40-36-64-60-20-8-16-32-88(60)108-96(64)92/h1-50H. The Bertz CT molecular complexity index is 7350. The fourth-order valence-corrected chi connectivity index (χ4v) is 18.0. The Morgan fingerprint density at radius 2 is 0.481 bits per heavy atom. The molecule has 0 bridgehead atoms. The summed E-state index contributed by atoms with van der Waals surface area (Å²) in [6, 6.07) is 106. The highest BCUT2D eigenvalue weighted by Crippen LogP contribution is 2.49. The summed E-state index contributed by atoms with van der Waals surface area (Å²) in [7, 11) is 0. The fraction of sp³-hybridized carbons (Fsp3) is 0. The smallest absolute Gasteiger partial charge is 0.145 e. The van der Waals surface area contributed by atoms with Gasteiger partial charge in [-0.2, -0.15) is 10.5 Å². The van der Waals surface area contributed by atoms with Crippen LogP contribution >= 0.6 is 0 Å². The molecule has 0 atom stereocenters. The van der Waals surface area contributed by atoms with Gasteiger partial charge in [-0.05, 0) is 168 Å². The zero-order valence-electron chi connectivity index (χ0n) is 57.1. The highest BCUT2D eigenvalue weighted by atomic mass is 16.3. The van der Waals surface area contributed by atoms with Crippen molar-refractivity contribution in [3.05, 3.63) is 315 Å². The zero-order valence-corrected chi connectivity index (χ0v) is 57.1. The van der Waals surface area contributed by atoms with Gasteiger partial charge in [0.25, 0.3) is 0 Å². The van der Waals surface area contributed by atoms with Crippen LogP contribution in [-0.4, -0.2) is 28.2 Å². The number of aromatic nitrogens is 6. The molecule has 0 aliphatic rings. The van der Waals surface area contributed by atoms with E-state index in [2.05, 4.69) is 237 Å². The van der Waals surface area contributed by atoms with Crippen LogP contribution in [0.1, 0.15) is 11.1 Å². The Morgan fingerprint density at radius 3 is 0.750 bits per heavy atom. The van der Waals surface area contributed by atoms with Gasteiger partial charge in [-0.1, -0.05) is 146 Å². The second-order valence-corrected chi connectivity index (χ2v) is 28.0. The van der Waals surface area contributed by atoms with Gasteiger partial charge in [-0.15, -0.1) is 0 Å². The van der Waals surface area contributed by atoms with Crippen LogP contribution in [-0.2, 0) is 0 Å². The fourth-order valence-electron chi connectivity index (χ4n) is 18.0. The second-order valence-electron chi connectivity index (χ2n) is 28.0. The predicted octanol–water partition coefficient (Wildman–Crippen LogP) is 25.2. The maximum atomic E-state index is 12.1. The summed E-state index contributed by atoms with van der Waals surface area (Å²) >= 11 is 0. The minimum absolute atomic E-state index is 0.468. The number of benzene rings is 14. The molecule has 12 heteroatoms. The van der Waals surface area contributed by atoms with E-state index in [0.717, 1.165) is 197 Å². The van der Waals surface area contributed by atoms with Crippen LogP contribution in [0.25, 0.3) is 231 Å². The third kappa shape index (κ3) is 7.87. The number of para-hydroxylation sites is 8. The van der Waals surface area contributed by atoms with Crippen molar-refractivity contribution in [3.63, 3.8) is 0 Å². The molecule has 0 unspecified atom stereocenters. The van der Waals surface area contributed by atoms with Gasteiger partial charge in [-0.3, -0.25) is 9.97 Å². The summed E-state index contributed by atoms with van der Waals surface area (Å²) in [4.78, 5) is 10.3. The molecule has 0 saturated heterocycles. The molecule has 10 aromatic heterocycles. The molecule has 0 N–H and O–H groups in total. The van der Waals surface area contributed by atoms with E-state index in [9.17, 15) is 10.5 Å². The summed E-state index contributed by atoms with van der Waals surface area (Å²) < 4.78 is 36.3. The topological polar surface area (TPSA) is 146 Å². The van der Waals surface area contributed by atoms with E-state index in [0.29, 0.717) is 45.3 Å². The molecule has 108 heavy (non-hydrogen) atoms. The van der Waals surface area contributed by atoms with Crippen molar-refractivity contribution in [1.82, 2.24) is 28.2 Å². The Labute approximate surface area is 611 Å². The Balaban J connectivity index is 0.740. The first-order valence-corrected chi connectivity index (χ1v) is 35.9. The first-order chi connectivity index (χ1) is 53.5. The van der Waals surface area contributed by atoms with Gasteiger partial charge in [0.2, 0.25) is 0 Å². The molecule has 14 aromatic carbocycles. The van der Waals surface area contributed by atoms with Crippen LogP contribution in [0.5, 0.6) is 0 Å². The number of nitrogens with zero attached hydrogens (tertiary/aromatic N) is 8. The molecule has 12 nitrogen and oxygen atoms in total. The first kappa shape index (κ1) is 58.3. The Morgan fingerprint density at radius 1 is 0.231 bits per heavy atom. The van der Waals surface area contributed by atoms with E-state index >= 15 is 0 Å². The lowest BCUT2D eigenvalue weighted by atomic mass is 9.98. The van der Waals surface area contributed by atoms with Crippen LogP contribution in [0.2, 0.25) is 0 Å². The number of furan rings is 4. The summed E-state index contributed by atoms with van der Waals surface area (Å²) in [5.41, 5.74) is 21.9. The molecule has 0 amide bonds. The molecule has 0 aliphatic heterocycles. The molecular weight excluding hydrogens is 1330 g/mol. The summed E-state index contributed by atoms with van der Waals surface area (Å²) in [6.45, 7) is 0. The third-order valence-corrected chi connectivity index (χ3v) is 22.6. The molecule has 0 fully saturated rings. The quantitative estimate of drug-likeness (QED) is 0.153. The molecule has 0 radical (unpaired) electrons. The van der Waals surface area contributed by atoms with Gasteiger partial charge in [0.05, 0.1) is 99.8 Å². The van der Waals surface area contributed by atoms with Crippen LogP contribution in [0, 0.1) is 22.7 Å². The lowest BCUT2D eigenvalue weighted by molar-refractivity contribution is 0.672. The Kier molecular flexibility index (Phi) is 11.7. The van der Waals surface area contributed by atoms with E-state index in [1.54, 1.807) is 0 Å². The number of hydrogen-bond acceptors (Lipinski definition) is 8. The van der Waals surface area contributed by atoms with Gasteiger partial charge in [-0.25, -0.2) is 0 Å². The van der Waals surface area contributed by atoms with Crippen molar-refractivity contribution in [2.75, 3.05) is 0 Å². The third-order valence-electron chi connectivity index (χ3n) is 22.6. The summed E-state index contributed by atoms with van der Waals surface area (Å²) in [5.74, 6) is 0. The van der Waals surface area contributed by atoms with Crippen LogP contribution in [0.3, 0.4) is 0 Å². The average molecular weight is 1380 g/mol. The van der Waals surface area contributed by atoms with E-state index in [1.165, 1.54) is 0 Å². The van der Waals surface area contributed by atoms with E-state index in [4.69, 9.17) is 27.6 Å². The van der Waals surface area contributed by atoms with Gasteiger partial charge in [0, 0.05) is 77.0 Å². The van der Waals surface area contributed by atoms with Crippen molar-refractivity contribution >= 4 is 175 Å². The van der Waals surface area contributed by atoms with E-state index < -0.39 is 0 Å². The minimum Gasteiger partial charge on any atom is -0.455 e. The zero-order chi connectivity index (χ0) is 70.7. The largest absolute Gasteiger partial charge is 0.455 e. The lowest BCUT2D eigenvalue weighted by Gasteiger charge is -2.19. The minimum atomic E-state index is 0.468. The summed E-state index contributed by atoms with van der Waals surface area (Å²) in [5, 5.41) is 40.2. The highest BCUT2D eigenvalue weighted by Gasteiger charge is 2.30. The van der Waals surface area contributed by atoms with Crippen molar-refractivity contribution in [1.29, 1.82) is 10.5 Å². The number of hydrogen-bond donors (Lipinski definition) is 0. The van der Waals surface area contributed by atoms with Crippen LogP contribution in [0.15, 0.2) is 321 Å². The van der Waals surface area contributed by atoms with Gasteiger partial charge in [0.1, 0.15) is 67.9 Å². The normalized spacial score (nSPS) is 12.2. The van der Waals surface area contributed by atoms with Crippen LogP contribution in [0.4, 0.5) is 0 Å². The van der Waals surface area contributed by atoms with Gasteiger partial charge in [0.15, 0.2) is 0 Å². The molecular formula is C96H50N8O4. The maximum absolute atomic E-state index is 12.1. The Hall–Kier alpha value is -15.2. The van der Waals surface area contributed by atoms with Crippen molar-refractivity contribution in [3.8, 4) is 68.5 Å². The number of fused-ring (bicyclic) bond motifs is 28. The number of rotatable bonds is 7. The lowest BCUT2D eigenvalue weighted by Crippen LogP contribution is -2.05. The van der Waals surface area contributed by atoms with Gasteiger partial charge >= 0.3 is 0 Å². The second kappa shape index (κ2) is 21.7. The molecule has 0 saturated carbocycles. The molecule has 0 spiro atoms. The predicted molar refractivity (Wildman–Crippen MR) is 434 cm³/mol. The summed E-state index contributed by atoms with van der Waals surface area (Å²) in [6.07, 6.45) is 3.68. The molecule has 24 rings (SSSR count). The molecule has 498 valence electrons. The van der Waals surface area contributed by atoms with Crippen molar-refractivity contribution < 1.29 is 17.7 Å². The SMILES string of the molecule is N#Cc1c(-n2c3ccccc3c3c4oc5ccccc5c4ccc32)cc(-c2ccnc(-c3cc(-c4cc(-n5c6ccccc6c6c7oc8ccccc8c7ccc65)c(C#N)c(-n5c6ccccc6c6c7oc8ccccc8c7ccc65)c4)ccn3)c2)cc1-n1c2ccccc2c2c3oc4ccccc4c3ccc21. The molecule has 10 heterocycles. The van der Waals surface area contributed by atoms with Crippen LogP contribution < -0.4 is 0 Å². The number of nitriles is 2. The van der Waals surface area contributed by atoms with E-state index in [1.807, 2.05) is 97.3 Å². The van der Waals surface area contributed by atoms with Crippen molar-refractivity contribution in [2.24, 2.45) is 0 Å². The maximum Gasteiger partial charge on any atom is 0.145 e. The van der Waals surface area contributed by atoms with Crippen molar-refractivity contribution in [2.45, 2.75) is 0 Å². The highest BCUT2D eigenvalue weighted by molar-refractivity contribution is 6.28. The molecule has 24 aromatic rings. The first-order valence-electron chi connectivity index (χ1n) is 35.9. The van der Waals surface area contributed by atoms with E-state index in [-0.39, 0.29) is 0 Å². The monoisotopic (exact) mass is 1380 g/mol. The molecule has 0 aliphatic carbocycles.